The number of nitrogens with one attached hydrogen (secondary N) is 2. The van der Waals surface area contributed by atoms with E-state index in [-0.39, 0.29) is 5.04 Å². The van der Waals surface area contributed by atoms with Crippen molar-refractivity contribution < 1.29 is 0 Å². The van der Waals surface area contributed by atoms with E-state index in [9.17, 15) is 0 Å². The van der Waals surface area contributed by atoms with Gasteiger partial charge in [-0.1, -0.05) is 26.5 Å². The van der Waals surface area contributed by atoms with Crippen LogP contribution in [0.2, 0.25) is 5.04 Å². The van der Waals surface area contributed by atoms with Crippen LogP contribution in [-0.2, 0) is 0 Å². The first kappa shape index (κ1) is 10.9. The van der Waals surface area contributed by atoms with Gasteiger partial charge in [-0.05, 0) is 19.1 Å². The number of rotatable bonds is 3. The van der Waals surface area contributed by atoms with Gasteiger partial charge in [0.25, 0.3) is 0 Å². The summed E-state index contributed by atoms with van der Waals surface area (Å²) in [5, 5.41) is 0.262. The minimum absolute atomic E-state index is 0.262. The fourth-order valence-electron chi connectivity index (χ4n) is 1.39. The lowest BCUT2D eigenvalue weighted by Crippen LogP contribution is -2.64. The van der Waals surface area contributed by atoms with Crippen LogP contribution in [0.5, 0.6) is 0 Å². The van der Waals surface area contributed by atoms with Gasteiger partial charge in [-0.3, -0.25) is 0 Å². The highest BCUT2D eigenvalue weighted by molar-refractivity contribution is 6.82. The molecule has 0 aliphatic rings. The van der Waals surface area contributed by atoms with Crippen LogP contribution in [0.25, 0.3) is 0 Å². The molecule has 0 amide bonds. The summed E-state index contributed by atoms with van der Waals surface area (Å²) in [5.41, 5.74) is 2.05. The molecule has 0 rings (SSSR count). The Morgan fingerprint density at radius 1 is 1.18 bits per heavy atom. The SMILES string of the molecule is C=C[Si](NC)(NC)C(C)(C)C. The highest BCUT2D eigenvalue weighted by Crippen LogP contribution is 2.31. The first-order valence-corrected chi connectivity index (χ1v) is 6.02. The van der Waals surface area contributed by atoms with Crippen LogP contribution in [0.1, 0.15) is 20.8 Å². The Morgan fingerprint density at radius 3 is 1.55 bits per heavy atom. The van der Waals surface area contributed by atoms with E-state index in [1.165, 1.54) is 0 Å². The molecule has 0 unspecified atom stereocenters. The van der Waals surface area contributed by atoms with Crippen LogP contribution in [0.4, 0.5) is 0 Å². The highest BCUT2D eigenvalue weighted by Gasteiger charge is 2.40. The molecule has 2 N–H and O–H groups in total. The van der Waals surface area contributed by atoms with Gasteiger partial charge in [0.1, 0.15) is 0 Å². The molecule has 0 fully saturated rings. The summed E-state index contributed by atoms with van der Waals surface area (Å²) < 4.78 is 0. The van der Waals surface area contributed by atoms with Crippen molar-refractivity contribution in [3.05, 3.63) is 12.3 Å². The van der Waals surface area contributed by atoms with Crippen LogP contribution in [0.15, 0.2) is 12.3 Å². The molecular weight excluding hydrogens is 152 g/mol. The zero-order chi connectivity index (χ0) is 9.12. The quantitative estimate of drug-likeness (QED) is 0.629. The second-order valence-electron chi connectivity index (χ2n) is 3.76. The summed E-state index contributed by atoms with van der Waals surface area (Å²) in [6.45, 7) is 10.6. The van der Waals surface area contributed by atoms with E-state index in [1.54, 1.807) is 0 Å². The molecular formula is C8H20N2Si. The first-order valence-electron chi connectivity index (χ1n) is 3.95. The number of hydrogen-bond donors (Lipinski definition) is 2. The lowest BCUT2D eigenvalue weighted by Gasteiger charge is -2.39. The summed E-state index contributed by atoms with van der Waals surface area (Å²) in [6, 6.07) is 0. The van der Waals surface area contributed by atoms with Crippen molar-refractivity contribution in [2.24, 2.45) is 0 Å². The predicted octanol–water partition coefficient (Wildman–Crippen LogP) is 1.39. The van der Waals surface area contributed by atoms with Gasteiger partial charge in [0, 0.05) is 0 Å². The van der Waals surface area contributed by atoms with Gasteiger partial charge in [0.05, 0.1) is 0 Å². The van der Waals surface area contributed by atoms with E-state index < -0.39 is 8.40 Å². The van der Waals surface area contributed by atoms with Gasteiger partial charge in [-0.25, -0.2) is 0 Å². The Morgan fingerprint density at radius 2 is 1.55 bits per heavy atom. The van der Waals surface area contributed by atoms with Crippen LogP contribution < -0.4 is 9.96 Å². The molecule has 0 bridgehead atoms. The van der Waals surface area contributed by atoms with E-state index in [0.29, 0.717) is 0 Å². The van der Waals surface area contributed by atoms with E-state index in [0.717, 1.165) is 0 Å². The number of hydrogen-bond acceptors (Lipinski definition) is 2. The van der Waals surface area contributed by atoms with Crippen molar-refractivity contribution in [1.29, 1.82) is 0 Å². The Labute approximate surface area is 71.2 Å². The third-order valence-electron chi connectivity index (χ3n) is 2.28. The van der Waals surface area contributed by atoms with Gasteiger partial charge in [0.15, 0.2) is 0 Å². The lowest BCUT2D eigenvalue weighted by molar-refractivity contribution is 0.681. The Bertz CT molecular complexity index is 134. The van der Waals surface area contributed by atoms with Crippen molar-refractivity contribution in [2.75, 3.05) is 14.1 Å². The zero-order valence-corrected chi connectivity index (χ0v) is 9.28. The second-order valence-corrected chi connectivity index (χ2v) is 8.29. The van der Waals surface area contributed by atoms with Crippen molar-refractivity contribution in [3.8, 4) is 0 Å². The predicted molar refractivity (Wildman–Crippen MR) is 53.8 cm³/mol. The zero-order valence-electron chi connectivity index (χ0n) is 8.28. The van der Waals surface area contributed by atoms with Crippen LogP contribution >= 0.6 is 0 Å². The smallest absolute Gasteiger partial charge is 0.231 e. The Balaban J connectivity index is 4.68. The van der Waals surface area contributed by atoms with Crippen LogP contribution in [0.3, 0.4) is 0 Å². The molecule has 0 aromatic rings. The third kappa shape index (κ3) is 1.92. The molecule has 0 heterocycles. The molecule has 0 aromatic heterocycles. The van der Waals surface area contributed by atoms with Crippen molar-refractivity contribution in [2.45, 2.75) is 25.8 Å². The normalized spacial score (nSPS) is 13.2. The van der Waals surface area contributed by atoms with Crippen molar-refractivity contribution >= 4 is 8.40 Å². The summed E-state index contributed by atoms with van der Waals surface area (Å²) in [7, 11) is 2.34. The molecule has 0 spiro atoms. The molecule has 66 valence electrons. The van der Waals surface area contributed by atoms with Gasteiger partial charge in [0.2, 0.25) is 8.40 Å². The average molecular weight is 172 g/mol. The summed E-state index contributed by atoms with van der Waals surface area (Å²) in [5.74, 6) is 0. The molecule has 0 atom stereocenters. The van der Waals surface area contributed by atoms with Crippen molar-refractivity contribution in [3.63, 3.8) is 0 Å². The Kier molecular flexibility index (Phi) is 3.48. The van der Waals surface area contributed by atoms with Gasteiger partial charge in [-0.2, -0.15) is 0 Å². The molecule has 0 aliphatic heterocycles. The molecule has 2 nitrogen and oxygen atoms in total. The minimum Gasteiger partial charge on any atom is -0.325 e. The third-order valence-corrected chi connectivity index (χ3v) is 6.83. The monoisotopic (exact) mass is 172 g/mol. The lowest BCUT2D eigenvalue weighted by atomic mass is 10.2. The summed E-state index contributed by atoms with van der Waals surface area (Å²) in [6.07, 6.45) is 0. The maximum Gasteiger partial charge on any atom is 0.231 e. The molecule has 0 radical (unpaired) electrons. The topological polar surface area (TPSA) is 24.1 Å². The van der Waals surface area contributed by atoms with E-state index in [4.69, 9.17) is 0 Å². The molecule has 11 heavy (non-hydrogen) atoms. The summed E-state index contributed by atoms with van der Waals surface area (Å²) >= 11 is 0. The summed E-state index contributed by atoms with van der Waals surface area (Å²) in [4.78, 5) is 6.73. The van der Waals surface area contributed by atoms with Crippen LogP contribution in [-0.4, -0.2) is 22.5 Å². The fourth-order valence-corrected chi connectivity index (χ4v) is 4.16. The van der Waals surface area contributed by atoms with E-state index in [2.05, 4.69) is 37.3 Å². The van der Waals surface area contributed by atoms with Gasteiger partial charge in [-0.15, -0.1) is 6.58 Å². The Hall–Kier alpha value is -0.123. The largest absolute Gasteiger partial charge is 0.325 e. The van der Waals surface area contributed by atoms with Crippen molar-refractivity contribution in [1.82, 2.24) is 9.96 Å². The molecule has 0 saturated heterocycles. The maximum atomic E-state index is 3.88. The maximum absolute atomic E-state index is 3.88. The standard InChI is InChI=1S/C8H20N2Si/c1-7-11(9-5,10-6)8(2,3)4/h7,9-10H,1H2,2-6H3. The average Bonchev–Trinajstić information content (AvgIpc) is 1.90. The second kappa shape index (κ2) is 3.52. The van der Waals surface area contributed by atoms with E-state index in [1.807, 2.05) is 19.8 Å². The molecule has 3 heteroatoms. The molecule has 0 aliphatic carbocycles. The fraction of sp³-hybridized carbons (Fsp3) is 0.750. The first-order chi connectivity index (χ1) is 4.93. The molecule has 0 aromatic carbocycles. The highest BCUT2D eigenvalue weighted by atomic mass is 28.3. The molecule has 0 saturated carbocycles. The van der Waals surface area contributed by atoms with Gasteiger partial charge >= 0.3 is 0 Å². The van der Waals surface area contributed by atoms with E-state index >= 15 is 0 Å². The van der Waals surface area contributed by atoms with Gasteiger partial charge < -0.3 is 9.96 Å². The van der Waals surface area contributed by atoms with Crippen LogP contribution in [0, 0.1) is 0 Å². The minimum atomic E-state index is -1.66.